The Bertz CT molecular complexity index is 606. The molecular formula is C15H19N2+. The van der Waals surface area contributed by atoms with Gasteiger partial charge in [-0.1, -0.05) is 12.1 Å². The molecule has 0 aliphatic heterocycles. The molecule has 2 nitrogen and oxygen atoms in total. The first kappa shape index (κ1) is 11.8. The lowest BCUT2D eigenvalue weighted by molar-refractivity contribution is -0.458. The summed E-state index contributed by atoms with van der Waals surface area (Å²) in [6.07, 6.45) is 2.11. The molecule has 0 unspecified atom stereocenters. The molecule has 0 N–H and O–H groups in total. The number of para-hydroxylation sites is 1. The van der Waals surface area contributed by atoms with Gasteiger partial charge in [-0.05, 0) is 38.0 Å². The lowest BCUT2D eigenvalue weighted by atomic mass is 10.0. The molecule has 88 valence electrons. The number of hydrogen-bond donors (Lipinski definition) is 0. The number of hydrogen-bond acceptors (Lipinski definition) is 1. The molecule has 0 spiro atoms. The van der Waals surface area contributed by atoms with E-state index in [1.807, 2.05) is 14.1 Å². The summed E-state index contributed by atoms with van der Waals surface area (Å²) in [5.74, 6) is 0. The zero-order chi connectivity index (χ0) is 12.6. The van der Waals surface area contributed by atoms with Gasteiger partial charge in [0.1, 0.15) is 14.1 Å². The molecule has 0 aliphatic rings. The van der Waals surface area contributed by atoms with Crippen molar-refractivity contribution in [2.45, 2.75) is 20.8 Å². The summed E-state index contributed by atoms with van der Waals surface area (Å²) in [6.45, 7) is 6.39. The molecule has 0 bridgehead atoms. The van der Waals surface area contributed by atoms with Gasteiger partial charge < -0.3 is 0 Å². The van der Waals surface area contributed by atoms with Crippen LogP contribution in [0.2, 0.25) is 0 Å². The summed E-state index contributed by atoms with van der Waals surface area (Å²) < 4.78 is 2.06. The number of pyridine rings is 1. The van der Waals surface area contributed by atoms with Crippen molar-refractivity contribution in [1.29, 1.82) is 0 Å². The van der Waals surface area contributed by atoms with Crippen molar-refractivity contribution in [3.05, 3.63) is 40.6 Å². The monoisotopic (exact) mass is 227 g/mol. The second-order valence-electron chi connectivity index (χ2n) is 4.78. The van der Waals surface area contributed by atoms with Crippen LogP contribution in [0.4, 0.5) is 0 Å². The Labute approximate surface area is 103 Å². The van der Waals surface area contributed by atoms with Crippen LogP contribution in [-0.4, -0.2) is 29.9 Å². The second kappa shape index (κ2) is 4.28. The van der Waals surface area contributed by atoms with Gasteiger partial charge >= 0.3 is 0 Å². The quantitative estimate of drug-likeness (QED) is 0.540. The first-order valence-corrected chi connectivity index (χ1v) is 5.88. The van der Waals surface area contributed by atoms with Gasteiger partial charge in [-0.2, -0.15) is 0 Å². The summed E-state index contributed by atoms with van der Waals surface area (Å²) in [5.41, 5.74) is 6.02. The molecule has 0 aliphatic carbocycles. The van der Waals surface area contributed by atoms with Crippen molar-refractivity contribution < 1.29 is 4.58 Å². The van der Waals surface area contributed by atoms with Crippen LogP contribution in [0.3, 0.4) is 0 Å². The minimum absolute atomic E-state index is 1.10. The summed E-state index contributed by atoms with van der Waals surface area (Å²) in [6, 6.07) is 6.36. The van der Waals surface area contributed by atoms with E-state index in [2.05, 4.69) is 49.8 Å². The molecule has 2 heteroatoms. The topological polar surface area (TPSA) is 15.9 Å². The van der Waals surface area contributed by atoms with Crippen LogP contribution in [-0.2, 0) is 0 Å². The standard InChI is InChI=1S/C15H19N2/c1-10-11(2)14-8-6-7-13(9-17(4)5)15(14)16-12(10)3/h6-9H,1-5H3/q+1. The van der Waals surface area contributed by atoms with E-state index in [4.69, 9.17) is 4.98 Å². The van der Waals surface area contributed by atoms with Crippen LogP contribution in [0.1, 0.15) is 22.4 Å². The van der Waals surface area contributed by atoms with Gasteiger partial charge in [0.25, 0.3) is 0 Å². The second-order valence-corrected chi connectivity index (χ2v) is 4.78. The number of benzene rings is 1. The molecule has 1 heterocycles. The molecule has 0 radical (unpaired) electrons. The van der Waals surface area contributed by atoms with Gasteiger partial charge in [0.2, 0.25) is 0 Å². The van der Waals surface area contributed by atoms with Crippen molar-refractivity contribution in [1.82, 2.24) is 4.98 Å². The van der Waals surface area contributed by atoms with Crippen LogP contribution in [0.15, 0.2) is 18.2 Å². The molecule has 2 rings (SSSR count). The Morgan fingerprint density at radius 2 is 1.76 bits per heavy atom. The normalized spacial score (nSPS) is 10.6. The molecule has 1 aromatic carbocycles. The highest BCUT2D eigenvalue weighted by molar-refractivity contribution is 5.97. The molecule has 17 heavy (non-hydrogen) atoms. The van der Waals surface area contributed by atoms with Gasteiger partial charge in [0.15, 0.2) is 6.21 Å². The Kier molecular flexibility index (Phi) is 2.97. The predicted octanol–water partition coefficient (Wildman–Crippen LogP) is 2.85. The average Bonchev–Trinajstić information content (AvgIpc) is 2.27. The van der Waals surface area contributed by atoms with E-state index in [-0.39, 0.29) is 0 Å². The van der Waals surface area contributed by atoms with Crippen LogP contribution >= 0.6 is 0 Å². The largest absolute Gasteiger partial charge is 0.252 e. The first-order chi connectivity index (χ1) is 8.00. The smallest absolute Gasteiger partial charge is 0.172 e. The number of aromatic nitrogens is 1. The summed E-state index contributed by atoms with van der Waals surface area (Å²) >= 11 is 0. The van der Waals surface area contributed by atoms with Crippen molar-refractivity contribution in [2.75, 3.05) is 14.1 Å². The summed E-state index contributed by atoms with van der Waals surface area (Å²) in [7, 11) is 4.07. The van der Waals surface area contributed by atoms with E-state index < -0.39 is 0 Å². The van der Waals surface area contributed by atoms with Crippen LogP contribution in [0.25, 0.3) is 10.9 Å². The fourth-order valence-corrected chi connectivity index (χ4v) is 2.10. The Hall–Kier alpha value is -1.70. The molecule has 0 amide bonds. The van der Waals surface area contributed by atoms with Crippen molar-refractivity contribution >= 4 is 17.1 Å². The molecule has 0 fully saturated rings. The zero-order valence-corrected chi connectivity index (χ0v) is 11.2. The van der Waals surface area contributed by atoms with E-state index in [0.717, 1.165) is 11.2 Å². The van der Waals surface area contributed by atoms with Crippen LogP contribution < -0.4 is 0 Å². The highest BCUT2D eigenvalue weighted by Crippen LogP contribution is 2.23. The predicted molar refractivity (Wildman–Crippen MR) is 73.2 cm³/mol. The lowest BCUT2D eigenvalue weighted by Gasteiger charge is -2.09. The average molecular weight is 227 g/mol. The van der Waals surface area contributed by atoms with E-state index in [9.17, 15) is 0 Å². The number of aryl methyl sites for hydroxylation is 2. The minimum Gasteiger partial charge on any atom is -0.252 e. The third-order valence-corrected chi connectivity index (χ3v) is 3.25. The SMILES string of the molecule is Cc1nc2c(C=[N+](C)C)cccc2c(C)c1C. The lowest BCUT2D eigenvalue weighted by Crippen LogP contribution is -2.02. The summed E-state index contributed by atoms with van der Waals surface area (Å²) in [5, 5.41) is 1.25. The molecule has 2 aromatic rings. The third-order valence-electron chi connectivity index (χ3n) is 3.25. The first-order valence-electron chi connectivity index (χ1n) is 5.88. The van der Waals surface area contributed by atoms with Crippen molar-refractivity contribution in [3.8, 4) is 0 Å². The number of fused-ring (bicyclic) bond motifs is 1. The van der Waals surface area contributed by atoms with Crippen molar-refractivity contribution in [3.63, 3.8) is 0 Å². The fourth-order valence-electron chi connectivity index (χ4n) is 2.10. The molecule has 0 saturated carbocycles. The van der Waals surface area contributed by atoms with E-state index in [1.165, 1.54) is 22.1 Å². The van der Waals surface area contributed by atoms with Gasteiger partial charge in [-0.25, -0.2) is 4.58 Å². The maximum Gasteiger partial charge on any atom is 0.172 e. The minimum atomic E-state index is 1.10. The van der Waals surface area contributed by atoms with Gasteiger partial charge in [-0.15, -0.1) is 0 Å². The molecule has 0 saturated heterocycles. The van der Waals surface area contributed by atoms with E-state index in [0.29, 0.717) is 0 Å². The Balaban J connectivity index is 2.86. The highest BCUT2D eigenvalue weighted by atomic mass is 14.9. The summed E-state index contributed by atoms with van der Waals surface area (Å²) in [4.78, 5) is 4.73. The molecule has 0 atom stereocenters. The van der Waals surface area contributed by atoms with E-state index >= 15 is 0 Å². The molecule has 1 aromatic heterocycles. The molecular weight excluding hydrogens is 208 g/mol. The Morgan fingerprint density at radius 1 is 1.06 bits per heavy atom. The maximum atomic E-state index is 4.73. The van der Waals surface area contributed by atoms with Crippen molar-refractivity contribution in [2.24, 2.45) is 0 Å². The van der Waals surface area contributed by atoms with E-state index in [1.54, 1.807) is 0 Å². The highest BCUT2D eigenvalue weighted by Gasteiger charge is 2.09. The van der Waals surface area contributed by atoms with Gasteiger partial charge in [-0.3, -0.25) is 4.98 Å². The zero-order valence-electron chi connectivity index (χ0n) is 11.2. The van der Waals surface area contributed by atoms with Gasteiger partial charge in [0.05, 0.1) is 11.1 Å². The third kappa shape index (κ3) is 2.07. The van der Waals surface area contributed by atoms with Gasteiger partial charge in [0, 0.05) is 11.1 Å². The number of rotatable bonds is 1. The fraction of sp³-hybridized carbons (Fsp3) is 0.333. The number of nitrogens with zero attached hydrogens (tertiary/aromatic N) is 2. The van der Waals surface area contributed by atoms with Crippen LogP contribution in [0, 0.1) is 20.8 Å². The van der Waals surface area contributed by atoms with Crippen LogP contribution in [0.5, 0.6) is 0 Å². The maximum absolute atomic E-state index is 4.73. The Morgan fingerprint density at radius 3 is 2.41 bits per heavy atom.